The summed E-state index contributed by atoms with van der Waals surface area (Å²) in [6.07, 6.45) is 0. The zero-order valence-corrected chi connectivity index (χ0v) is 9.15. The fourth-order valence-electron chi connectivity index (χ4n) is 1.56. The van der Waals surface area contributed by atoms with Crippen molar-refractivity contribution in [3.63, 3.8) is 0 Å². The van der Waals surface area contributed by atoms with Gasteiger partial charge in [-0.3, -0.25) is 4.55 Å². The van der Waals surface area contributed by atoms with Crippen LogP contribution in [0.2, 0.25) is 0 Å². The minimum Gasteiger partial charge on any atom is -0.264 e. The van der Waals surface area contributed by atoms with Crippen molar-refractivity contribution in [1.82, 2.24) is 0 Å². The van der Waals surface area contributed by atoms with E-state index in [4.69, 9.17) is 4.55 Å². The molecule has 4 nitrogen and oxygen atoms in total. The maximum atomic E-state index is 10.5. The smallest absolute Gasteiger partial charge is 0.264 e. The van der Waals surface area contributed by atoms with E-state index in [0.29, 0.717) is 0 Å². The third-order valence-electron chi connectivity index (χ3n) is 2.24. The Kier molecular flexibility index (Phi) is 2.91. The van der Waals surface area contributed by atoms with Crippen molar-refractivity contribution >= 4 is 21.2 Å². The Morgan fingerprint density at radius 3 is 2.50 bits per heavy atom. The van der Waals surface area contributed by atoms with Crippen LogP contribution in [-0.4, -0.2) is 13.0 Å². The van der Waals surface area contributed by atoms with Crippen LogP contribution < -0.4 is 0 Å². The molecule has 0 bridgehead atoms. The molecule has 0 amide bonds. The first-order valence-electron chi connectivity index (χ1n) is 4.65. The number of benzene rings is 2. The first-order valence-corrected chi connectivity index (χ1v) is 6.01. The van der Waals surface area contributed by atoms with E-state index in [1.165, 1.54) is 0 Å². The van der Waals surface area contributed by atoms with Gasteiger partial charge in [-0.15, -0.1) is 0 Å². The van der Waals surface area contributed by atoms with Gasteiger partial charge in [0.15, 0.2) is 0 Å². The monoisotopic (exact) mass is 238 g/mol. The summed E-state index contributed by atoms with van der Waals surface area (Å²) in [5.41, 5.74) is 0.718. The van der Waals surface area contributed by atoms with Crippen molar-refractivity contribution < 1.29 is 17.2 Å². The Morgan fingerprint density at radius 2 is 1.75 bits per heavy atom. The van der Waals surface area contributed by atoms with Gasteiger partial charge in [-0.25, -0.2) is 4.18 Å². The van der Waals surface area contributed by atoms with Crippen LogP contribution in [0.1, 0.15) is 5.56 Å². The van der Waals surface area contributed by atoms with Gasteiger partial charge in [0.1, 0.15) is 0 Å². The highest BCUT2D eigenvalue weighted by Crippen LogP contribution is 2.19. The standard InChI is InChI=1S/C11H10O4S/c12-16(13,14)15-8-10-6-3-5-9-4-1-2-7-11(9)10/h1-7H,8H2,(H,12,13,14). The van der Waals surface area contributed by atoms with E-state index in [0.717, 1.165) is 16.3 Å². The average molecular weight is 238 g/mol. The maximum Gasteiger partial charge on any atom is 0.397 e. The predicted octanol–water partition coefficient (Wildman–Crippen LogP) is 2.16. The first-order chi connectivity index (χ1) is 7.56. The molecule has 0 aliphatic heterocycles. The summed E-state index contributed by atoms with van der Waals surface area (Å²) in [5.74, 6) is 0. The van der Waals surface area contributed by atoms with Crippen molar-refractivity contribution in [2.75, 3.05) is 0 Å². The summed E-state index contributed by atoms with van der Waals surface area (Å²) in [6, 6.07) is 13.0. The summed E-state index contributed by atoms with van der Waals surface area (Å²) < 4.78 is 33.8. The highest BCUT2D eigenvalue weighted by Gasteiger charge is 2.06. The van der Waals surface area contributed by atoms with Crippen LogP contribution in [0.5, 0.6) is 0 Å². The molecule has 5 heteroatoms. The highest BCUT2D eigenvalue weighted by molar-refractivity contribution is 7.80. The van der Waals surface area contributed by atoms with Crippen molar-refractivity contribution in [1.29, 1.82) is 0 Å². The molecule has 1 N–H and O–H groups in total. The van der Waals surface area contributed by atoms with Crippen LogP contribution in [0, 0.1) is 0 Å². The van der Waals surface area contributed by atoms with Gasteiger partial charge in [-0.1, -0.05) is 42.5 Å². The third-order valence-corrected chi connectivity index (χ3v) is 2.66. The lowest BCUT2D eigenvalue weighted by atomic mass is 10.1. The molecule has 2 aromatic carbocycles. The molecule has 84 valence electrons. The molecular weight excluding hydrogens is 228 g/mol. The quantitative estimate of drug-likeness (QED) is 0.832. The molecule has 0 aromatic heterocycles. The molecule has 0 heterocycles. The van der Waals surface area contributed by atoms with E-state index in [1.54, 1.807) is 6.07 Å². The maximum absolute atomic E-state index is 10.5. The van der Waals surface area contributed by atoms with Crippen LogP contribution in [0.4, 0.5) is 0 Å². The third kappa shape index (κ3) is 2.57. The molecule has 0 radical (unpaired) electrons. The van der Waals surface area contributed by atoms with Crippen LogP contribution in [-0.2, 0) is 21.2 Å². The van der Waals surface area contributed by atoms with E-state index in [2.05, 4.69) is 4.18 Å². The van der Waals surface area contributed by atoms with Crippen molar-refractivity contribution in [3.05, 3.63) is 48.0 Å². The van der Waals surface area contributed by atoms with E-state index in [1.807, 2.05) is 36.4 Å². The zero-order valence-electron chi connectivity index (χ0n) is 8.33. The highest BCUT2D eigenvalue weighted by atomic mass is 32.3. The second kappa shape index (κ2) is 4.21. The Bertz CT molecular complexity index is 599. The molecule has 0 saturated heterocycles. The normalized spacial score (nSPS) is 11.8. The molecule has 0 atom stereocenters. The Morgan fingerprint density at radius 1 is 1.06 bits per heavy atom. The SMILES string of the molecule is O=S(=O)(O)OCc1cccc2ccccc12. The van der Waals surface area contributed by atoms with Gasteiger partial charge in [0.2, 0.25) is 0 Å². The first kappa shape index (κ1) is 11.1. The summed E-state index contributed by atoms with van der Waals surface area (Å²) in [5, 5.41) is 1.91. The fourth-order valence-corrected chi connectivity index (χ4v) is 1.83. The summed E-state index contributed by atoms with van der Waals surface area (Å²) in [6.45, 7) is -0.166. The lowest BCUT2D eigenvalue weighted by Crippen LogP contribution is -2.03. The minimum absolute atomic E-state index is 0.166. The van der Waals surface area contributed by atoms with Gasteiger partial charge in [-0.2, -0.15) is 8.42 Å². The number of hydrogen-bond acceptors (Lipinski definition) is 3. The van der Waals surface area contributed by atoms with Gasteiger partial charge in [0.25, 0.3) is 0 Å². The fraction of sp³-hybridized carbons (Fsp3) is 0.0909. The molecule has 0 aliphatic rings. The predicted molar refractivity (Wildman–Crippen MR) is 60.3 cm³/mol. The lowest BCUT2D eigenvalue weighted by molar-refractivity contribution is 0.260. The lowest BCUT2D eigenvalue weighted by Gasteiger charge is -2.05. The van der Waals surface area contributed by atoms with Gasteiger partial charge in [-0.05, 0) is 16.3 Å². The van der Waals surface area contributed by atoms with Crippen LogP contribution in [0.25, 0.3) is 10.8 Å². The van der Waals surface area contributed by atoms with Crippen LogP contribution >= 0.6 is 0 Å². The topological polar surface area (TPSA) is 63.6 Å². The van der Waals surface area contributed by atoms with Crippen molar-refractivity contribution in [2.24, 2.45) is 0 Å². The van der Waals surface area contributed by atoms with Gasteiger partial charge in [0.05, 0.1) is 6.61 Å². The van der Waals surface area contributed by atoms with Gasteiger partial charge >= 0.3 is 10.4 Å². The second-order valence-corrected chi connectivity index (χ2v) is 4.42. The minimum atomic E-state index is -4.39. The largest absolute Gasteiger partial charge is 0.397 e. The van der Waals surface area contributed by atoms with Crippen LogP contribution in [0.15, 0.2) is 42.5 Å². The van der Waals surface area contributed by atoms with Crippen LogP contribution in [0.3, 0.4) is 0 Å². The molecule has 2 aromatic rings. The number of rotatable bonds is 3. The Balaban J connectivity index is 2.38. The summed E-state index contributed by atoms with van der Waals surface area (Å²) in [4.78, 5) is 0. The molecule has 0 spiro atoms. The van der Waals surface area contributed by atoms with Crippen molar-refractivity contribution in [2.45, 2.75) is 6.61 Å². The Hall–Kier alpha value is -1.43. The zero-order chi connectivity index (χ0) is 11.6. The summed E-state index contributed by atoms with van der Waals surface area (Å²) >= 11 is 0. The molecular formula is C11H10O4S. The van der Waals surface area contributed by atoms with E-state index >= 15 is 0 Å². The average Bonchev–Trinajstić information content (AvgIpc) is 2.25. The van der Waals surface area contributed by atoms with E-state index in [-0.39, 0.29) is 6.61 Å². The summed E-state index contributed by atoms with van der Waals surface area (Å²) in [7, 11) is -4.39. The van der Waals surface area contributed by atoms with E-state index < -0.39 is 10.4 Å². The number of fused-ring (bicyclic) bond motifs is 1. The van der Waals surface area contributed by atoms with Crippen molar-refractivity contribution in [3.8, 4) is 0 Å². The number of hydrogen-bond donors (Lipinski definition) is 1. The molecule has 16 heavy (non-hydrogen) atoms. The molecule has 0 aliphatic carbocycles. The van der Waals surface area contributed by atoms with Gasteiger partial charge in [0, 0.05) is 0 Å². The second-order valence-electron chi connectivity index (χ2n) is 3.33. The molecule has 2 rings (SSSR count). The molecule has 0 saturated carbocycles. The van der Waals surface area contributed by atoms with Gasteiger partial charge < -0.3 is 0 Å². The van der Waals surface area contributed by atoms with E-state index in [9.17, 15) is 8.42 Å². The Labute approximate surface area is 93.4 Å². The molecule has 0 unspecified atom stereocenters. The molecule has 0 fully saturated rings.